The molecule has 1 aromatic heterocycles. The SMILES string of the molecule is CCc1nc(CCN=C(N)Nc2cc(F)ccc2F)no1. The van der Waals surface area contributed by atoms with Crippen LogP contribution in [-0.2, 0) is 12.8 Å². The van der Waals surface area contributed by atoms with Gasteiger partial charge in [-0.2, -0.15) is 4.98 Å². The van der Waals surface area contributed by atoms with Crippen LogP contribution in [0.25, 0.3) is 0 Å². The molecule has 0 saturated heterocycles. The molecule has 0 fully saturated rings. The third-order valence-corrected chi connectivity index (χ3v) is 2.62. The van der Waals surface area contributed by atoms with Gasteiger partial charge in [0.2, 0.25) is 5.89 Å². The van der Waals surface area contributed by atoms with Crippen molar-refractivity contribution in [3.8, 4) is 0 Å². The van der Waals surface area contributed by atoms with E-state index in [9.17, 15) is 8.78 Å². The monoisotopic (exact) mass is 295 g/mol. The van der Waals surface area contributed by atoms with Crippen molar-refractivity contribution in [3.63, 3.8) is 0 Å². The molecule has 2 rings (SSSR count). The zero-order valence-electron chi connectivity index (χ0n) is 11.4. The van der Waals surface area contributed by atoms with E-state index in [2.05, 4.69) is 20.4 Å². The molecular formula is C13H15F2N5O. The van der Waals surface area contributed by atoms with E-state index in [4.69, 9.17) is 10.3 Å². The Hall–Kier alpha value is -2.51. The van der Waals surface area contributed by atoms with Crippen molar-refractivity contribution in [1.82, 2.24) is 10.1 Å². The molecule has 0 unspecified atom stereocenters. The summed E-state index contributed by atoms with van der Waals surface area (Å²) >= 11 is 0. The molecular weight excluding hydrogens is 280 g/mol. The number of hydrogen-bond donors (Lipinski definition) is 2. The number of halogens is 2. The maximum atomic E-state index is 13.4. The molecule has 0 aliphatic heterocycles. The quantitative estimate of drug-likeness (QED) is 0.649. The first kappa shape index (κ1) is 14.9. The van der Waals surface area contributed by atoms with Crippen molar-refractivity contribution in [2.24, 2.45) is 10.7 Å². The highest BCUT2D eigenvalue weighted by atomic mass is 19.1. The van der Waals surface area contributed by atoms with E-state index in [1.165, 1.54) is 0 Å². The van der Waals surface area contributed by atoms with Crippen LogP contribution in [0.15, 0.2) is 27.7 Å². The number of benzene rings is 1. The van der Waals surface area contributed by atoms with Crippen LogP contribution in [0.3, 0.4) is 0 Å². The molecule has 0 aliphatic carbocycles. The molecule has 6 nitrogen and oxygen atoms in total. The zero-order chi connectivity index (χ0) is 15.2. The number of aromatic nitrogens is 2. The molecule has 0 atom stereocenters. The summed E-state index contributed by atoms with van der Waals surface area (Å²) < 4.78 is 31.3. The Kier molecular flexibility index (Phi) is 4.81. The fourth-order valence-corrected chi connectivity index (χ4v) is 1.58. The number of hydrogen-bond acceptors (Lipinski definition) is 4. The molecule has 3 N–H and O–H groups in total. The second-order valence-corrected chi connectivity index (χ2v) is 4.22. The summed E-state index contributed by atoms with van der Waals surface area (Å²) in [6.45, 7) is 2.21. The van der Waals surface area contributed by atoms with Gasteiger partial charge in [0.05, 0.1) is 5.69 Å². The minimum absolute atomic E-state index is 0.0151. The molecule has 21 heavy (non-hydrogen) atoms. The number of nitrogens with two attached hydrogens (primary N) is 1. The maximum absolute atomic E-state index is 13.4. The predicted octanol–water partition coefficient (Wildman–Crippen LogP) is 1.88. The van der Waals surface area contributed by atoms with Crippen LogP contribution >= 0.6 is 0 Å². The van der Waals surface area contributed by atoms with Crippen molar-refractivity contribution < 1.29 is 13.3 Å². The molecule has 0 amide bonds. The molecule has 0 bridgehead atoms. The number of aliphatic imine (C=N–C) groups is 1. The van der Waals surface area contributed by atoms with E-state index in [0.29, 0.717) is 31.1 Å². The van der Waals surface area contributed by atoms with Gasteiger partial charge in [0.15, 0.2) is 11.8 Å². The first-order valence-corrected chi connectivity index (χ1v) is 6.42. The number of rotatable bonds is 5. The summed E-state index contributed by atoms with van der Waals surface area (Å²) in [7, 11) is 0. The maximum Gasteiger partial charge on any atom is 0.226 e. The normalized spacial score (nSPS) is 11.7. The zero-order valence-corrected chi connectivity index (χ0v) is 11.4. The standard InChI is InChI=1S/C13H15F2N5O/c1-2-12-19-11(20-21-12)5-6-17-13(16)18-10-7-8(14)3-4-9(10)15/h3-4,7H,2,5-6H2,1H3,(H3,16,17,18). The van der Waals surface area contributed by atoms with Gasteiger partial charge in [0.25, 0.3) is 0 Å². The number of aryl methyl sites for hydroxylation is 1. The third kappa shape index (κ3) is 4.23. The average molecular weight is 295 g/mol. The minimum atomic E-state index is -0.611. The van der Waals surface area contributed by atoms with Gasteiger partial charge in [-0.3, -0.25) is 4.99 Å². The molecule has 8 heteroatoms. The van der Waals surface area contributed by atoms with Gasteiger partial charge in [0, 0.05) is 25.5 Å². The average Bonchev–Trinajstić information content (AvgIpc) is 2.91. The van der Waals surface area contributed by atoms with Gasteiger partial charge in [-0.05, 0) is 12.1 Å². The lowest BCUT2D eigenvalue weighted by molar-refractivity contribution is 0.376. The third-order valence-electron chi connectivity index (χ3n) is 2.62. The van der Waals surface area contributed by atoms with Crippen LogP contribution in [-0.4, -0.2) is 22.6 Å². The summed E-state index contributed by atoms with van der Waals surface area (Å²) in [6, 6.07) is 3.04. The summed E-state index contributed by atoms with van der Waals surface area (Å²) in [6.07, 6.45) is 1.11. The Bertz CT molecular complexity index is 641. The second kappa shape index (κ2) is 6.78. The van der Waals surface area contributed by atoms with Crippen LogP contribution in [0.5, 0.6) is 0 Å². The number of nitrogens with zero attached hydrogens (tertiary/aromatic N) is 3. The van der Waals surface area contributed by atoms with Gasteiger partial charge in [0.1, 0.15) is 11.6 Å². The molecule has 1 heterocycles. The first-order chi connectivity index (χ1) is 10.1. The number of guanidine groups is 1. The summed E-state index contributed by atoms with van der Waals surface area (Å²) in [5.41, 5.74) is 5.54. The Morgan fingerprint density at radius 1 is 1.43 bits per heavy atom. The molecule has 2 aromatic rings. The van der Waals surface area contributed by atoms with Crippen molar-refractivity contribution in [3.05, 3.63) is 41.5 Å². The molecule has 0 aliphatic rings. The van der Waals surface area contributed by atoms with Crippen molar-refractivity contribution in [1.29, 1.82) is 0 Å². The van der Waals surface area contributed by atoms with Crippen molar-refractivity contribution >= 4 is 11.6 Å². The second-order valence-electron chi connectivity index (χ2n) is 4.22. The van der Waals surface area contributed by atoms with Crippen LogP contribution in [0.2, 0.25) is 0 Å². The molecule has 112 valence electrons. The highest BCUT2D eigenvalue weighted by Gasteiger charge is 2.06. The molecule has 0 spiro atoms. The van der Waals surface area contributed by atoms with E-state index in [-0.39, 0.29) is 11.6 Å². The fraction of sp³-hybridized carbons (Fsp3) is 0.308. The lowest BCUT2D eigenvalue weighted by Crippen LogP contribution is -2.23. The summed E-state index contributed by atoms with van der Waals surface area (Å²) in [4.78, 5) is 8.11. The molecule has 0 saturated carbocycles. The van der Waals surface area contributed by atoms with Crippen LogP contribution in [0.1, 0.15) is 18.6 Å². The first-order valence-electron chi connectivity index (χ1n) is 6.42. The van der Waals surface area contributed by atoms with Crippen molar-refractivity contribution in [2.45, 2.75) is 19.8 Å². The Morgan fingerprint density at radius 2 is 2.24 bits per heavy atom. The minimum Gasteiger partial charge on any atom is -0.370 e. The van der Waals surface area contributed by atoms with Gasteiger partial charge in [-0.25, -0.2) is 8.78 Å². The van der Waals surface area contributed by atoms with E-state index < -0.39 is 11.6 Å². The Balaban J connectivity index is 1.90. The largest absolute Gasteiger partial charge is 0.370 e. The molecule has 0 radical (unpaired) electrons. The topological polar surface area (TPSA) is 89.3 Å². The Labute approximate surface area is 120 Å². The number of anilines is 1. The van der Waals surface area contributed by atoms with Crippen LogP contribution < -0.4 is 11.1 Å². The molecule has 1 aromatic carbocycles. The van der Waals surface area contributed by atoms with Crippen LogP contribution in [0.4, 0.5) is 14.5 Å². The van der Waals surface area contributed by atoms with Gasteiger partial charge < -0.3 is 15.6 Å². The van der Waals surface area contributed by atoms with Gasteiger partial charge in [-0.15, -0.1) is 0 Å². The van der Waals surface area contributed by atoms with E-state index in [1.807, 2.05) is 6.92 Å². The van der Waals surface area contributed by atoms with Gasteiger partial charge in [-0.1, -0.05) is 12.1 Å². The predicted molar refractivity (Wildman–Crippen MR) is 73.9 cm³/mol. The summed E-state index contributed by atoms with van der Waals surface area (Å²) in [5, 5.41) is 6.27. The lowest BCUT2D eigenvalue weighted by Gasteiger charge is -2.06. The highest BCUT2D eigenvalue weighted by molar-refractivity contribution is 5.92. The summed E-state index contributed by atoms with van der Waals surface area (Å²) in [5.74, 6) is -0.105. The van der Waals surface area contributed by atoms with E-state index in [1.54, 1.807) is 0 Å². The smallest absolute Gasteiger partial charge is 0.226 e. The fourth-order valence-electron chi connectivity index (χ4n) is 1.58. The lowest BCUT2D eigenvalue weighted by atomic mass is 10.3. The van der Waals surface area contributed by atoms with Crippen molar-refractivity contribution in [2.75, 3.05) is 11.9 Å². The van der Waals surface area contributed by atoms with E-state index >= 15 is 0 Å². The highest BCUT2D eigenvalue weighted by Crippen LogP contribution is 2.14. The Morgan fingerprint density at radius 3 is 2.95 bits per heavy atom. The van der Waals surface area contributed by atoms with E-state index in [0.717, 1.165) is 18.2 Å². The van der Waals surface area contributed by atoms with Gasteiger partial charge >= 0.3 is 0 Å². The van der Waals surface area contributed by atoms with Crippen LogP contribution in [0, 0.1) is 11.6 Å². The number of nitrogens with one attached hydrogen (secondary N) is 1.